The number of halogens is 2. The fraction of sp³-hybridized carbons (Fsp3) is 0.500. The Morgan fingerprint density at radius 1 is 1.47 bits per heavy atom. The molecule has 0 amide bonds. The van der Waals surface area contributed by atoms with Gasteiger partial charge in [0.1, 0.15) is 5.82 Å². The highest BCUT2D eigenvalue weighted by atomic mass is 35.5. The lowest BCUT2D eigenvalue weighted by atomic mass is 10.1. The Kier molecular flexibility index (Phi) is 5.06. The molecule has 0 saturated carbocycles. The maximum absolute atomic E-state index is 13.4. The first kappa shape index (κ1) is 12.5. The van der Waals surface area contributed by atoms with Gasteiger partial charge in [0.05, 0.1) is 0 Å². The molecule has 0 aliphatic rings. The molecule has 0 aromatic heterocycles. The van der Waals surface area contributed by atoms with Gasteiger partial charge in [-0.1, -0.05) is 31.0 Å². The molecule has 1 aromatic carbocycles. The van der Waals surface area contributed by atoms with Gasteiger partial charge < -0.3 is 5.32 Å². The third-order valence-electron chi connectivity index (χ3n) is 2.41. The minimum Gasteiger partial charge on any atom is -0.310 e. The molecule has 0 aliphatic heterocycles. The highest BCUT2D eigenvalue weighted by Crippen LogP contribution is 2.18. The van der Waals surface area contributed by atoms with Crippen LogP contribution in [0.15, 0.2) is 18.2 Å². The molecule has 1 nitrogen and oxygen atoms in total. The second kappa shape index (κ2) is 6.09. The van der Waals surface area contributed by atoms with Crippen molar-refractivity contribution >= 4 is 11.6 Å². The Morgan fingerprint density at radius 3 is 2.80 bits per heavy atom. The van der Waals surface area contributed by atoms with Crippen LogP contribution in [0.1, 0.15) is 32.3 Å². The van der Waals surface area contributed by atoms with Gasteiger partial charge >= 0.3 is 0 Å². The summed E-state index contributed by atoms with van der Waals surface area (Å²) in [5.74, 6) is -0.237. The number of hydrogen-bond acceptors (Lipinski definition) is 1. The first-order chi connectivity index (χ1) is 7.15. The first-order valence-corrected chi connectivity index (χ1v) is 5.69. The summed E-state index contributed by atoms with van der Waals surface area (Å²) in [7, 11) is 0. The molecule has 1 atom stereocenters. The van der Waals surface area contributed by atoms with Crippen molar-refractivity contribution in [2.75, 3.05) is 0 Å². The molecule has 1 aromatic rings. The average Bonchev–Trinajstić information content (AvgIpc) is 2.17. The molecule has 0 saturated heterocycles. The number of rotatable bonds is 5. The van der Waals surface area contributed by atoms with Gasteiger partial charge in [-0.25, -0.2) is 4.39 Å². The monoisotopic (exact) mass is 229 g/mol. The normalized spacial score (nSPS) is 12.8. The van der Waals surface area contributed by atoms with Crippen LogP contribution in [0.25, 0.3) is 0 Å². The molecular formula is C12H17ClFN. The van der Waals surface area contributed by atoms with Crippen LogP contribution in [0.4, 0.5) is 4.39 Å². The number of hydrogen-bond donors (Lipinski definition) is 1. The number of nitrogens with one attached hydrogen (secondary N) is 1. The Balaban J connectivity index is 2.57. The van der Waals surface area contributed by atoms with E-state index < -0.39 is 0 Å². The molecule has 0 radical (unpaired) electrons. The third-order valence-corrected chi connectivity index (χ3v) is 2.76. The highest BCUT2D eigenvalue weighted by molar-refractivity contribution is 6.31. The van der Waals surface area contributed by atoms with Gasteiger partial charge in [-0.2, -0.15) is 0 Å². The maximum atomic E-state index is 13.4. The highest BCUT2D eigenvalue weighted by Gasteiger charge is 2.07. The standard InChI is InChI=1S/C12H17ClFN/c1-3-5-9(2)15-8-10-11(13)6-4-7-12(10)14/h4,6-7,9,15H,3,5,8H2,1-2H3. The molecule has 0 spiro atoms. The molecule has 0 bridgehead atoms. The zero-order chi connectivity index (χ0) is 11.3. The van der Waals surface area contributed by atoms with Crippen LogP contribution in [0.5, 0.6) is 0 Å². The van der Waals surface area contributed by atoms with Crippen molar-refractivity contribution in [2.45, 2.75) is 39.3 Å². The summed E-state index contributed by atoms with van der Waals surface area (Å²) in [6.45, 7) is 4.72. The van der Waals surface area contributed by atoms with Gasteiger partial charge in [0.15, 0.2) is 0 Å². The quantitative estimate of drug-likeness (QED) is 0.811. The Morgan fingerprint density at radius 2 is 2.20 bits per heavy atom. The van der Waals surface area contributed by atoms with E-state index in [1.165, 1.54) is 6.07 Å². The van der Waals surface area contributed by atoms with Crippen molar-refractivity contribution in [2.24, 2.45) is 0 Å². The van der Waals surface area contributed by atoms with Gasteiger partial charge in [-0.05, 0) is 25.5 Å². The predicted octanol–water partition coefficient (Wildman–Crippen LogP) is 3.76. The lowest BCUT2D eigenvalue weighted by Gasteiger charge is -2.13. The zero-order valence-corrected chi connectivity index (χ0v) is 9.94. The molecule has 0 aliphatic carbocycles. The number of benzene rings is 1. The molecule has 0 fully saturated rings. The van der Waals surface area contributed by atoms with Crippen LogP contribution in [0, 0.1) is 5.82 Å². The maximum Gasteiger partial charge on any atom is 0.129 e. The van der Waals surface area contributed by atoms with Crippen LogP contribution >= 0.6 is 11.6 Å². The summed E-state index contributed by atoms with van der Waals surface area (Å²) in [6.07, 6.45) is 2.21. The molecule has 15 heavy (non-hydrogen) atoms. The molecule has 3 heteroatoms. The summed E-state index contributed by atoms with van der Waals surface area (Å²) in [6, 6.07) is 5.17. The van der Waals surface area contributed by atoms with Crippen molar-refractivity contribution in [3.63, 3.8) is 0 Å². The van der Waals surface area contributed by atoms with Crippen LogP contribution in [0.3, 0.4) is 0 Å². The van der Waals surface area contributed by atoms with Crippen molar-refractivity contribution in [1.29, 1.82) is 0 Å². The fourth-order valence-corrected chi connectivity index (χ4v) is 1.74. The van der Waals surface area contributed by atoms with Crippen molar-refractivity contribution in [1.82, 2.24) is 5.32 Å². The fourth-order valence-electron chi connectivity index (χ4n) is 1.51. The molecule has 1 unspecified atom stereocenters. The van der Waals surface area contributed by atoms with E-state index in [1.807, 2.05) is 0 Å². The summed E-state index contributed by atoms with van der Waals surface area (Å²) >= 11 is 5.91. The molecule has 1 N–H and O–H groups in total. The van der Waals surface area contributed by atoms with Crippen molar-refractivity contribution < 1.29 is 4.39 Å². The Bertz CT molecular complexity index is 294. The van der Waals surface area contributed by atoms with E-state index in [-0.39, 0.29) is 5.82 Å². The van der Waals surface area contributed by atoms with E-state index in [2.05, 4.69) is 19.2 Å². The molecular weight excluding hydrogens is 213 g/mol. The molecule has 0 heterocycles. The summed E-state index contributed by atoms with van der Waals surface area (Å²) < 4.78 is 13.4. The largest absolute Gasteiger partial charge is 0.310 e. The van der Waals surface area contributed by atoms with Gasteiger partial charge in [-0.3, -0.25) is 0 Å². The van der Waals surface area contributed by atoms with Gasteiger partial charge in [0.25, 0.3) is 0 Å². The Labute approximate surface area is 95.6 Å². The van der Waals surface area contributed by atoms with Gasteiger partial charge in [0.2, 0.25) is 0 Å². The van der Waals surface area contributed by atoms with Crippen LogP contribution in [-0.4, -0.2) is 6.04 Å². The van der Waals surface area contributed by atoms with E-state index in [0.29, 0.717) is 23.2 Å². The first-order valence-electron chi connectivity index (χ1n) is 5.31. The second-order valence-corrected chi connectivity index (χ2v) is 4.18. The van der Waals surface area contributed by atoms with Gasteiger partial charge in [0, 0.05) is 23.2 Å². The lowest BCUT2D eigenvalue weighted by Crippen LogP contribution is -2.25. The summed E-state index contributed by atoms with van der Waals surface area (Å²) in [4.78, 5) is 0. The van der Waals surface area contributed by atoms with Crippen LogP contribution in [0.2, 0.25) is 5.02 Å². The third kappa shape index (κ3) is 3.80. The van der Waals surface area contributed by atoms with E-state index in [0.717, 1.165) is 12.8 Å². The molecule has 1 rings (SSSR count). The topological polar surface area (TPSA) is 12.0 Å². The van der Waals surface area contributed by atoms with Crippen LogP contribution < -0.4 is 5.32 Å². The lowest BCUT2D eigenvalue weighted by molar-refractivity contribution is 0.496. The summed E-state index contributed by atoms with van der Waals surface area (Å²) in [5, 5.41) is 3.75. The Hall–Kier alpha value is -0.600. The van der Waals surface area contributed by atoms with E-state index in [9.17, 15) is 4.39 Å². The zero-order valence-electron chi connectivity index (χ0n) is 9.19. The van der Waals surface area contributed by atoms with Crippen LogP contribution in [-0.2, 0) is 6.54 Å². The smallest absolute Gasteiger partial charge is 0.129 e. The van der Waals surface area contributed by atoms with Crippen molar-refractivity contribution in [3.8, 4) is 0 Å². The minimum atomic E-state index is -0.237. The van der Waals surface area contributed by atoms with E-state index in [1.54, 1.807) is 12.1 Å². The summed E-state index contributed by atoms with van der Waals surface area (Å²) in [5.41, 5.74) is 0.558. The van der Waals surface area contributed by atoms with E-state index in [4.69, 9.17) is 11.6 Å². The van der Waals surface area contributed by atoms with Gasteiger partial charge in [-0.15, -0.1) is 0 Å². The SMILES string of the molecule is CCCC(C)NCc1c(F)cccc1Cl. The second-order valence-electron chi connectivity index (χ2n) is 3.77. The average molecular weight is 230 g/mol. The van der Waals surface area contributed by atoms with E-state index >= 15 is 0 Å². The minimum absolute atomic E-state index is 0.237. The predicted molar refractivity (Wildman–Crippen MR) is 62.6 cm³/mol. The molecule has 84 valence electrons. The van der Waals surface area contributed by atoms with Crippen molar-refractivity contribution in [3.05, 3.63) is 34.6 Å².